The number of methoxy groups -OCH3 is 2. The van der Waals surface area contributed by atoms with E-state index in [2.05, 4.69) is 25.4 Å². The maximum atomic E-state index is 12.6. The summed E-state index contributed by atoms with van der Waals surface area (Å²) < 4.78 is 37.9. The van der Waals surface area contributed by atoms with Crippen molar-refractivity contribution in [2.45, 2.75) is 4.90 Å². The summed E-state index contributed by atoms with van der Waals surface area (Å²) >= 11 is 9.15. The predicted octanol–water partition coefficient (Wildman–Crippen LogP) is 3.70. The lowest BCUT2D eigenvalue weighted by atomic mass is 10.2. The molecule has 0 aliphatic rings. The van der Waals surface area contributed by atoms with Crippen molar-refractivity contribution in [1.82, 2.24) is 0 Å². The third-order valence-corrected chi connectivity index (χ3v) is 5.26. The highest BCUT2D eigenvalue weighted by Crippen LogP contribution is 2.30. The zero-order valence-electron chi connectivity index (χ0n) is 12.7. The summed E-state index contributed by atoms with van der Waals surface area (Å²) in [5.41, 5.74) is 0.224. The summed E-state index contributed by atoms with van der Waals surface area (Å²) in [6.45, 7) is 0. The van der Waals surface area contributed by atoms with Gasteiger partial charge in [-0.3, -0.25) is 4.72 Å². The fourth-order valence-electron chi connectivity index (χ4n) is 1.93. The molecule has 2 aromatic carbocycles. The minimum Gasteiger partial charge on any atom is -0.495 e. The molecule has 0 bridgehead atoms. The monoisotopic (exact) mass is 433 g/mol. The molecule has 0 unspecified atom stereocenters. The number of sulfonamides is 1. The van der Waals surface area contributed by atoms with E-state index in [4.69, 9.17) is 16.3 Å². The Morgan fingerprint density at radius 1 is 1.17 bits per heavy atom. The molecule has 0 spiro atoms. The Bertz CT molecular complexity index is 885. The van der Waals surface area contributed by atoms with Crippen LogP contribution >= 0.6 is 27.5 Å². The molecule has 0 atom stereocenters. The number of esters is 1. The molecule has 1 N–H and O–H groups in total. The summed E-state index contributed by atoms with van der Waals surface area (Å²) in [5.74, 6) is -0.478. The molecule has 9 heteroatoms. The molecule has 0 aliphatic carbocycles. The molecule has 0 radical (unpaired) electrons. The third kappa shape index (κ3) is 4.00. The van der Waals surface area contributed by atoms with E-state index in [1.807, 2.05) is 0 Å². The molecular formula is C15H13BrClNO5S. The van der Waals surface area contributed by atoms with Crippen molar-refractivity contribution < 1.29 is 22.7 Å². The first-order valence-corrected chi connectivity index (χ1v) is 9.18. The van der Waals surface area contributed by atoms with E-state index in [-0.39, 0.29) is 26.9 Å². The van der Waals surface area contributed by atoms with Crippen molar-refractivity contribution in [2.75, 3.05) is 18.9 Å². The lowest BCUT2D eigenvalue weighted by Crippen LogP contribution is -2.15. The van der Waals surface area contributed by atoms with Crippen LogP contribution in [0.25, 0.3) is 0 Å². The lowest BCUT2D eigenvalue weighted by molar-refractivity contribution is 0.0601. The zero-order chi connectivity index (χ0) is 17.9. The molecule has 0 heterocycles. The molecule has 6 nitrogen and oxygen atoms in total. The van der Waals surface area contributed by atoms with E-state index in [0.29, 0.717) is 4.47 Å². The minimum atomic E-state index is -3.94. The molecule has 24 heavy (non-hydrogen) atoms. The Morgan fingerprint density at radius 2 is 1.88 bits per heavy atom. The Kier molecular flexibility index (Phi) is 5.74. The fraction of sp³-hybridized carbons (Fsp3) is 0.133. The summed E-state index contributed by atoms with van der Waals surface area (Å²) in [4.78, 5) is 11.6. The molecule has 2 rings (SSSR count). The van der Waals surface area contributed by atoms with E-state index in [9.17, 15) is 13.2 Å². The topological polar surface area (TPSA) is 81.7 Å². The van der Waals surface area contributed by atoms with Crippen LogP contribution in [-0.4, -0.2) is 28.6 Å². The molecule has 0 amide bonds. The number of rotatable bonds is 5. The Morgan fingerprint density at radius 3 is 2.50 bits per heavy atom. The maximum absolute atomic E-state index is 12.6. The van der Waals surface area contributed by atoms with E-state index in [0.717, 1.165) is 0 Å². The van der Waals surface area contributed by atoms with Crippen LogP contribution < -0.4 is 9.46 Å². The number of hydrogen-bond acceptors (Lipinski definition) is 5. The minimum absolute atomic E-state index is 0.0473. The molecule has 0 aliphatic heterocycles. The molecule has 0 aromatic heterocycles. The highest BCUT2D eigenvalue weighted by molar-refractivity contribution is 9.10. The van der Waals surface area contributed by atoms with Gasteiger partial charge in [0, 0.05) is 10.2 Å². The number of hydrogen-bond donors (Lipinski definition) is 1. The van der Waals surface area contributed by atoms with Crippen molar-refractivity contribution in [3.8, 4) is 5.75 Å². The van der Waals surface area contributed by atoms with Crippen LogP contribution in [0.3, 0.4) is 0 Å². The summed E-state index contributed by atoms with van der Waals surface area (Å²) in [6.07, 6.45) is 0. The number of ether oxygens (including phenoxy) is 2. The van der Waals surface area contributed by atoms with Gasteiger partial charge < -0.3 is 9.47 Å². The van der Waals surface area contributed by atoms with Crippen LogP contribution in [0, 0.1) is 0 Å². The van der Waals surface area contributed by atoms with Crippen LogP contribution in [0.15, 0.2) is 45.8 Å². The van der Waals surface area contributed by atoms with Crippen molar-refractivity contribution in [1.29, 1.82) is 0 Å². The van der Waals surface area contributed by atoms with E-state index >= 15 is 0 Å². The molecule has 0 saturated carbocycles. The standard InChI is InChI=1S/C15H13BrClNO5S/c1-22-13-6-3-9(16)7-14(13)24(20,21)18-10-4-5-12(17)11(8-10)15(19)23-2/h3-8,18H,1-2H3. The Balaban J connectivity index is 2.44. The second-order valence-electron chi connectivity index (χ2n) is 4.59. The van der Waals surface area contributed by atoms with Crippen molar-refractivity contribution in [2.24, 2.45) is 0 Å². The number of anilines is 1. The highest BCUT2D eigenvalue weighted by Gasteiger charge is 2.21. The van der Waals surface area contributed by atoms with Gasteiger partial charge in [-0.15, -0.1) is 0 Å². The van der Waals surface area contributed by atoms with E-state index in [1.54, 1.807) is 6.07 Å². The average Bonchev–Trinajstić information content (AvgIpc) is 2.55. The molecule has 0 fully saturated rings. The Hall–Kier alpha value is -1.77. The number of benzene rings is 2. The first-order chi connectivity index (χ1) is 11.3. The Labute approximate surface area is 152 Å². The van der Waals surface area contributed by atoms with Gasteiger partial charge in [0.2, 0.25) is 0 Å². The molecule has 2 aromatic rings. The van der Waals surface area contributed by atoms with Gasteiger partial charge in [-0.2, -0.15) is 0 Å². The molecule has 0 saturated heterocycles. The zero-order valence-corrected chi connectivity index (χ0v) is 15.8. The fourth-order valence-corrected chi connectivity index (χ4v) is 3.88. The van der Waals surface area contributed by atoms with E-state index in [1.165, 1.54) is 44.6 Å². The quantitative estimate of drug-likeness (QED) is 0.726. The average molecular weight is 435 g/mol. The smallest absolute Gasteiger partial charge is 0.339 e. The summed E-state index contributed by atoms with van der Waals surface area (Å²) in [5, 5.41) is 0.157. The van der Waals surface area contributed by atoms with Crippen LogP contribution in [0.2, 0.25) is 5.02 Å². The first kappa shape index (κ1) is 18.6. The number of halogens is 2. The van der Waals surface area contributed by atoms with Gasteiger partial charge in [-0.25, -0.2) is 13.2 Å². The van der Waals surface area contributed by atoms with Gasteiger partial charge in [0.05, 0.1) is 24.8 Å². The summed E-state index contributed by atoms with van der Waals surface area (Å²) in [7, 11) is -1.36. The van der Waals surface area contributed by atoms with Crippen molar-refractivity contribution in [3.63, 3.8) is 0 Å². The van der Waals surface area contributed by atoms with Gasteiger partial charge in [-0.05, 0) is 36.4 Å². The van der Waals surface area contributed by atoms with Gasteiger partial charge in [0.15, 0.2) is 0 Å². The number of carbonyl (C=O) groups is 1. The first-order valence-electron chi connectivity index (χ1n) is 6.52. The molecule has 128 valence electrons. The second kappa shape index (κ2) is 7.42. The normalized spacial score (nSPS) is 11.0. The van der Waals surface area contributed by atoms with Crippen LogP contribution in [0.1, 0.15) is 10.4 Å². The van der Waals surface area contributed by atoms with Crippen LogP contribution in [0.4, 0.5) is 5.69 Å². The summed E-state index contributed by atoms with van der Waals surface area (Å²) in [6, 6.07) is 8.75. The lowest BCUT2D eigenvalue weighted by Gasteiger charge is -2.13. The predicted molar refractivity (Wildman–Crippen MR) is 94.3 cm³/mol. The third-order valence-electron chi connectivity index (χ3n) is 3.04. The van der Waals surface area contributed by atoms with Gasteiger partial charge in [0.1, 0.15) is 10.6 Å². The van der Waals surface area contributed by atoms with E-state index < -0.39 is 16.0 Å². The van der Waals surface area contributed by atoms with Gasteiger partial charge in [-0.1, -0.05) is 27.5 Å². The number of nitrogens with one attached hydrogen (secondary N) is 1. The van der Waals surface area contributed by atoms with Crippen LogP contribution in [-0.2, 0) is 14.8 Å². The van der Waals surface area contributed by atoms with Crippen molar-refractivity contribution >= 4 is 49.2 Å². The maximum Gasteiger partial charge on any atom is 0.339 e. The largest absolute Gasteiger partial charge is 0.495 e. The second-order valence-corrected chi connectivity index (χ2v) is 7.56. The van der Waals surface area contributed by atoms with Crippen LogP contribution in [0.5, 0.6) is 5.75 Å². The SMILES string of the molecule is COC(=O)c1cc(NS(=O)(=O)c2cc(Br)ccc2OC)ccc1Cl. The number of carbonyl (C=O) groups excluding carboxylic acids is 1. The van der Waals surface area contributed by atoms with Crippen molar-refractivity contribution in [3.05, 3.63) is 51.5 Å². The highest BCUT2D eigenvalue weighted by atomic mass is 79.9. The molecular weight excluding hydrogens is 422 g/mol. The van der Waals surface area contributed by atoms with Gasteiger partial charge >= 0.3 is 5.97 Å². The van der Waals surface area contributed by atoms with Gasteiger partial charge in [0.25, 0.3) is 10.0 Å².